The lowest BCUT2D eigenvalue weighted by atomic mass is 9.96. The molecule has 2 aromatic rings. The molecule has 2 aromatic heterocycles. The number of hydrogen-bond acceptors (Lipinski definition) is 4. The van der Waals surface area contributed by atoms with Crippen LogP contribution in [0.25, 0.3) is 5.65 Å². The first-order valence-corrected chi connectivity index (χ1v) is 8.09. The zero-order chi connectivity index (χ0) is 15.5. The predicted molar refractivity (Wildman–Crippen MR) is 86.2 cm³/mol. The number of fused-ring (bicyclic) bond motifs is 1. The maximum atomic E-state index is 12.0. The van der Waals surface area contributed by atoms with Crippen molar-refractivity contribution in [3.05, 3.63) is 23.4 Å². The second kappa shape index (κ2) is 6.52. The van der Waals surface area contributed by atoms with Crippen LogP contribution >= 0.6 is 11.6 Å². The molecule has 6 nitrogen and oxygen atoms in total. The fourth-order valence-corrected chi connectivity index (χ4v) is 2.96. The van der Waals surface area contributed by atoms with Crippen LogP contribution in [-0.2, 0) is 4.79 Å². The van der Waals surface area contributed by atoms with E-state index in [-0.39, 0.29) is 11.8 Å². The van der Waals surface area contributed by atoms with Crippen molar-refractivity contribution in [1.29, 1.82) is 0 Å². The van der Waals surface area contributed by atoms with E-state index in [9.17, 15) is 4.79 Å². The second-order valence-electron chi connectivity index (χ2n) is 5.63. The number of nitrogens with one attached hydrogen (secondary N) is 1. The van der Waals surface area contributed by atoms with E-state index in [2.05, 4.69) is 27.3 Å². The summed E-state index contributed by atoms with van der Waals surface area (Å²) in [5.74, 6) is 1.08. The van der Waals surface area contributed by atoms with Gasteiger partial charge in [-0.25, -0.2) is 0 Å². The fraction of sp³-hybridized carbons (Fsp3) is 0.533. The van der Waals surface area contributed by atoms with Crippen LogP contribution in [0.4, 0.5) is 5.95 Å². The van der Waals surface area contributed by atoms with E-state index in [1.54, 1.807) is 6.07 Å². The summed E-state index contributed by atoms with van der Waals surface area (Å²) in [7, 11) is 0. The maximum absolute atomic E-state index is 12.0. The maximum Gasteiger partial charge on any atom is 0.231 e. The Kier molecular flexibility index (Phi) is 4.47. The molecule has 1 N–H and O–H groups in total. The molecule has 0 atom stereocenters. The van der Waals surface area contributed by atoms with Crippen LogP contribution in [0.2, 0.25) is 5.02 Å². The van der Waals surface area contributed by atoms with Crippen LogP contribution in [0.1, 0.15) is 26.2 Å². The van der Waals surface area contributed by atoms with Gasteiger partial charge in [-0.2, -0.15) is 0 Å². The van der Waals surface area contributed by atoms with Gasteiger partial charge in [0.2, 0.25) is 11.9 Å². The van der Waals surface area contributed by atoms with Gasteiger partial charge < -0.3 is 10.2 Å². The second-order valence-corrected chi connectivity index (χ2v) is 6.06. The summed E-state index contributed by atoms with van der Waals surface area (Å²) < 4.78 is 1.90. The zero-order valence-electron chi connectivity index (χ0n) is 12.6. The number of piperidine rings is 1. The number of anilines is 1. The molecule has 1 amide bonds. The number of nitrogens with zero attached hydrogens (tertiary/aromatic N) is 4. The molecule has 0 saturated carbocycles. The zero-order valence-corrected chi connectivity index (χ0v) is 13.4. The van der Waals surface area contributed by atoms with Crippen molar-refractivity contribution in [1.82, 2.24) is 19.9 Å². The molecular weight excluding hydrogens is 302 g/mol. The van der Waals surface area contributed by atoms with Gasteiger partial charge in [0.1, 0.15) is 0 Å². The number of carbonyl (C=O) groups is 1. The number of halogens is 1. The lowest BCUT2D eigenvalue weighted by molar-refractivity contribution is -0.125. The van der Waals surface area contributed by atoms with Gasteiger partial charge in [-0.1, -0.05) is 18.5 Å². The molecule has 0 bridgehead atoms. The minimum Gasteiger partial charge on any atom is -0.356 e. The summed E-state index contributed by atoms with van der Waals surface area (Å²) in [5, 5.41) is 12.1. The quantitative estimate of drug-likeness (QED) is 0.937. The Balaban J connectivity index is 1.68. The summed E-state index contributed by atoms with van der Waals surface area (Å²) in [5.41, 5.74) is 0.780. The average molecular weight is 322 g/mol. The van der Waals surface area contributed by atoms with E-state index < -0.39 is 0 Å². The minimum atomic E-state index is 0.102. The van der Waals surface area contributed by atoms with Crippen molar-refractivity contribution >= 4 is 29.1 Å². The van der Waals surface area contributed by atoms with Crippen molar-refractivity contribution in [2.45, 2.75) is 26.2 Å². The number of pyridine rings is 1. The Bertz CT molecular complexity index is 663. The van der Waals surface area contributed by atoms with Crippen molar-refractivity contribution in [3.8, 4) is 0 Å². The topological polar surface area (TPSA) is 62.5 Å². The molecule has 0 aromatic carbocycles. The highest BCUT2D eigenvalue weighted by Gasteiger charge is 2.26. The third-order valence-electron chi connectivity index (χ3n) is 4.05. The average Bonchev–Trinajstić information content (AvgIpc) is 2.95. The van der Waals surface area contributed by atoms with Gasteiger partial charge in [0.15, 0.2) is 5.65 Å². The lowest BCUT2D eigenvalue weighted by Gasteiger charge is -2.31. The van der Waals surface area contributed by atoms with Crippen LogP contribution in [0.3, 0.4) is 0 Å². The number of carbonyl (C=O) groups excluding carboxylic acids is 1. The number of amides is 1. The first-order chi connectivity index (χ1) is 10.7. The minimum absolute atomic E-state index is 0.102. The summed E-state index contributed by atoms with van der Waals surface area (Å²) in [6.07, 6.45) is 4.47. The highest BCUT2D eigenvalue weighted by atomic mass is 35.5. The van der Waals surface area contributed by atoms with Crippen molar-refractivity contribution < 1.29 is 4.79 Å². The third kappa shape index (κ3) is 3.02. The van der Waals surface area contributed by atoms with Crippen LogP contribution in [0, 0.1) is 5.92 Å². The van der Waals surface area contributed by atoms with Crippen LogP contribution in [0.15, 0.2) is 18.3 Å². The first kappa shape index (κ1) is 15.1. The molecule has 118 valence electrons. The van der Waals surface area contributed by atoms with Crippen molar-refractivity contribution in [2.24, 2.45) is 5.92 Å². The van der Waals surface area contributed by atoms with E-state index in [4.69, 9.17) is 11.6 Å². The predicted octanol–water partition coefficient (Wildman–Crippen LogP) is 2.13. The SMILES string of the molecule is CCCNC(=O)C1CCN(c2nnc3ccc(Cl)cn23)CC1. The molecular formula is C15H20ClN5O. The summed E-state index contributed by atoms with van der Waals surface area (Å²) in [6, 6.07) is 3.66. The molecule has 3 rings (SSSR count). The van der Waals surface area contributed by atoms with E-state index in [1.807, 2.05) is 16.7 Å². The molecule has 0 unspecified atom stereocenters. The standard InChI is InChI=1S/C15H20ClN5O/c1-2-7-17-14(22)11-5-8-20(9-6-11)15-19-18-13-4-3-12(16)10-21(13)15/h3-4,10-11H,2,5-9H2,1H3,(H,17,22). The normalized spacial score (nSPS) is 16.2. The molecule has 1 aliphatic rings. The van der Waals surface area contributed by atoms with E-state index in [0.717, 1.165) is 50.5 Å². The summed E-state index contributed by atoms with van der Waals surface area (Å²) >= 11 is 6.05. The van der Waals surface area contributed by atoms with Crippen LogP contribution < -0.4 is 10.2 Å². The molecule has 1 fully saturated rings. The van der Waals surface area contributed by atoms with Gasteiger partial charge in [-0.05, 0) is 31.4 Å². The Morgan fingerprint density at radius 2 is 2.14 bits per heavy atom. The molecule has 0 spiro atoms. The van der Waals surface area contributed by atoms with Crippen LogP contribution in [-0.4, -0.2) is 40.1 Å². The fourth-order valence-electron chi connectivity index (χ4n) is 2.80. The van der Waals surface area contributed by atoms with Crippen molar-refractivity contribution in [2.75, 3.05) is 24.5 Å². The van der Waals surface area contributed by atoms with Gasteiger partial charge in [-0.15, -0.1) is 10.2 Å². The number of aromatic nitrogens is 3. The molecule has 1 aliphatic heterocycles. The largest absolute Gasteiger partial charge is 0.356 e. The van der Waals surface area contributed by atoms with Crippen LogP contribution in [0.5, 0.6) is 0 Å². The first-order valence-electron chi connectivity index (χ1n) is 7.72. The van der Waals surface area contributed by atoms with E-state index in [1.165, 1.54) is 0 Å². The van der Waals surface area contributed by atoms with Gasteiger partial charge in [0.25, 0.3) is 0 Å². The Hall–Kier alpha value is -1.82. The van der Waals surface area contributed by atoms with E-state index >= 15 is 0 Å². The van der Waals surface area contributed by atoms with Gasteiger partial charge >= 0.3 is 0 Å². The number of hydrogen-bond donors (Lipinski definition) is 1. The molecule has 22 heavy (non-hydrogen) atoms. The smallest absolute Gasteiger partial charge is 0.231 e. The van der Waals surface area contributed by atoms with Crippen molar-refractivity contribution in [3.63, 3.8) is 0 Å². The molecule has 0 aliphatic carbocycles. The highest BCUT2D eigenvalue weighted by molar-refractivity contribution is 6.30. The summed E-state index contributed by atoms with van der Waals surface area (Å²) in [4.78, 5) is 14.2. The Morgan fingerprint density at radius 3 is 2.86 bits per heavy atom. The molecule has 0 radical (unpaired) electrons. The van der Waals surface area contributed by atoms with Gasteiger partial charge in [0.05, 0.1) is 5.02 Å². The molecule has 7 heteroatoms. The third-order valence-corrected chi connectivity index (χ3v) is 4.27. The van der Waals surface area contributed by atoms with E-state index in [0.29, 0.717) is 5.02 Å². The monoisotopic (exact) mass is 321 g/mol. The Labute approximate surface area is 134 Å². The molecule has 1 saturated heterocycles. The van der Waals surface area contributed by atoms with Gasteiger partial charge in [-0.3, -0.25) is 9.20 Å². The molecule has 3 heterocycles. The highest BCUT2D eigenvalue weighted by Crippen LogP contribution is 2.23. The number of rotatable bonds is 4. The summed E-state index contributed by atoms with van der Waals surface area (Å²) in [6.45, 7) is 4.42. The van der Waals surface area contributed by atoms with Gasteiger partial charge in [0, 0.05) is 31.7 Å². The lowest BCUT2D eigenvalue weighted by Crippen LogP contribution is -2.41. The Morgan fingerprint density at radius 1 is 1.36 bits per heavy atom.